The molecule has 0 aliphatic heterocycles. The largest absolute Gasteiger partial charge is 0.393 e. The highest BCUT2D eigenvalue weighted by atomic mass is 16.3. The van der Waals surface area contributed by atoms with Crippen LogP contribution in [-0.4, -0.2) is 11.2 Å². The minimum Gasteiger partial charge on any atom is -0.393 e. The Bertz CT molecular complexity index is 118. The Morgan fingerprint density at radius 2 is 1.64 bits per heavy atom. The molecule has 86 valence electrons. The van der Waals surface area contributed by atoms with E-state index in [0.29, 0.717) is 11.8 Å². The van der Waals surface area contributed by atoms with E-state index < -0.39 is 0 Å². The molecule has 1 heteroatoms. The van der Waals surface area contributed by atoms with Gasteiger partial charge in [0.1, 0.15) is 0 Å². The molecule has 2 unspecified atom stereocenters. The van der Waals surface area contributed by atoms with Gasteiger partial charge in [-0.15, -0.1) is 0 Å². The molecule has 1 nitrogen and oxygen atoms in total. The van der Waals surface area contributed by atoms with Crippen LogP contribution in [-0.2, 0) is 0 Å². The molecule has 0 saturated heterocycles. The average molecular weight is 200 g/mol. The number of aliphatic hydroxyl groups excluding tert-OH is 1. The van der Waals surface area contributed by atoms with Crippen molar-refractivity contribution in [3.63, 3.8) is 0 Å². The van der Waals surface area contributed by atoms with Crippen LogP contribution in [0.5, 0.6) is 0 Å². The summed E-state index contributed by atoms with van der Waals surface area (Å²) in [7, 11) is 0. The highest BCUT2D eigenvalue weighted by molar-refractivity contribution is 4.66. The lowest BCUT2D eigenvalue weighted by atomic mass is 9.86. The van der Waals surface area contributed by atoms with Gasteiger partial charge in [-0.25, -0.2) is 0 Å². The van der Waals surface area contributed by atoms with E-state index in [1.165, 1.54) is 32.1 Å². The van der Waals surface area contributed by atoms with E-state index in [4.69, 9.17) is 0 Å². The average Bonchev–Trinajstić information content (AvgIpc) is 2.09. The van der Waals surface area contributed by atoms with Crippen molar-refractivity contribution in [2.24, 2.45) is 11.8 Å². The second-order valence-electron chi connectivity index (χ2n) is 4.94. The maximum Gasteiger partial charge on any atom is 0.0514 e. The van der Waals surface area contributed by atoms with Gasteiger partial charge in [-0.1, -0.05) is 52.9 Å². The zero-order chi connectivity index (χ0) is 11.0. The van der Waals surface area contributed by atoms with Crippen LogP contribution in [0.2, 0.25) is 0 Å². The van der Waals surface area contributed by atoms with Crippen molar-refractivity contribution in [2.75, 3.05) is 0 Å². The van der Waals surface area contributed by atoms with Crippen LogP contribution in [0.1, 0.15) is 66.2 Å². The first-order valence-corrected chi connectivity index (χ1v) is 6.26. The van der Waals surface area contributed by atoms with E-state index in [0.717, 1.165) is 6.42 Å². The van der Waals surface area contributed by atoms with Crippen LogP contribution in [0.15, 0.2) is 0 Å². The lowest BCUT2D eigenvalue weighted by molar-refractivity contribution is 0.140. The Hall–Kier alpha value is -0.0400. The summed E-state index contributed by atoms with van der Waals surface area (Å²) in [6.45, 7) is 8.69. The van der Waals surface area contributed by atoms with Gasteiger partial charge >= 0.3 is 0 Å². The summed E-state index contributed by atoms with van der Waals surface area (Å²) in [5, 5.41) is 9.37. The molecule has 1 N–H and O–H groups in total. The summed E-state index contributed by atoms with van der Waals surface area (Å²) in [4.78, 5) is 0. The molecule has 2 atom stereocenters. The van der Waals surface area contributed by atoms with Crippen molar-refractivity contribution in [1.82, 2.24) is 0 Å². The van der Waals surface area contributed by atoms with E-state index in [2.05, 4.69) is 20.8 Å². The summed E-state index contributed by atoms with van der Waals surface area (Å²) >= 11 is 0. The fraction of sp³-hybridized carbons (Fsp3) is 1.00. The first-order valence-electron chi connectivity index (χ1n) is 6.26. The van der Waals surface area contributed by atoms with Gasteiger partial charge in [0.2, 0.25) is 0 Å². The van der Waals surface area contributed by atoms with E-state index in [1.807, 2.05) is 6.92 Å². The molecule has 0 rings (SSSR count). The number of hydrogen-bond acceptors (Lipinski definition) is 1. The standard InChI is InChI=1S/C13H28O/c1-5-6-7-8-9-13(11(2)3)10-12(4)14/h11-14H,5-10H2,1-4H3. The summed E-state index contributed by atoms with van der Waals surface area (Å²) in [5.41, 5.74) is 0. The minimum absolute atomic E-state index is 0.131. The van der Waals surface area contributed by atoms with Gasteiger partial charge in [0.25, 0.3) is 0 Å². The lowest BCUT2D eigenvalue weighted by Crippen LogP contribution is -2.15. The molecular formula is C13H28O. The fourth-order valence-corrected chi connectivity index (χ4v) is 1.99. The molecule has 0 aliphatic rings. The number of hydrogen-bond donors (Lipinski definition) is 1. The predicted molar refractivity (Wildman–Crippen MR) is 63.4 cm³/mol. The van der Waals surface area contributed by atoms with Crippen molar-refractivity contribution in [1.29, 1.82) is 0 Å². The molecular weight excluding hydrogens is 172 g/mol. The summed E-state index contributed by atoms with van der Waals surface area (Å²) in [6, 6.07) is 0. The highest BCUT2D eigenvalue weighted by Crippen LogP contribution is 2.23. The number of rotatable bonds is 8. The zero-order valence-electron chi connectivity index (χ0n) is 10.4. The topological polar surface area (TPSA) is 20.2 Å². The van der Waals surface area contributed by atoms with Crippen LogP contribution < -0.4 is 0 Å². The molecule has 0 heterocycles. The highest BCUT2D eigenvalue weighted by Gasteiger charge is 2.14. The van der Waals surface area contributed by atoms with E-state index in [-0.39, 0.29) is 6.10 Å². The molecule has 0 amide bonds. The molecule has 0 aliphatic carbocycles. The van der Waals surface area contributed by atoms with Crippen LogP contribution in [0.3, 0.4) is 0 Å². The molecule has 0 bridgehead atoms. The van der Waals surface area contributed by atoms with Crippen molar-refractivity contribution in [2.45, 2.75) is 72.3 Å². The maximum absolute atomic E-state index is 9.37. The summed E-state index contributed by atoms with van der Waals surface area (Å²) < 4.78 is 0. The SMILES string of the molecule is CCCCCCC(CC(C)O)C(C)C. The summed E-state index contributed by atoms with van der Waals surface area (Å²) in [6.07, 6.45) is 7.51. The van der Waals surface area contributed by atoms with Crippen LogP contribution in [0, 0.1) is 11.8 Å². The van der Waals surface area contributed by atoms with Crippen molar-refractivity contribution in [3.05, 3.63) is 0 Å². The first kappa shape index (κ1) is 14.0. The van der Waals surface area contributed by atoms with Gasteiger partial charge in [0, 0.05) is 0 Å². The Morgan fingerprint density at radius 1 is 1.00 bits per heavy atom. The third-order valence-electron chi connectivity index (χ3n) is 3.02. The van der Waals surface area contributed by atoms with Gasteiger partial charge < -0.3 is 5.11 Å². The number of unbranched alkanes of at least 4 members (excludes halogenated alkanes) is 3. The number of aliphatic hydroxyl groups is 1. The second kappa shape index (κ2) is 8.28. The Balaban J connectivity index is 3.63. The van der Waals surface area contributed by atoms with Gasteiger partial charge in [-0.3, -0.25) is 0 Å². The summed E-state index contributed by atoms with van der Waals surface area (Å²) in [5.74, 6) is 1.43. The molecule has 0 aromatic carbocycles. The van der Waals surface area contributed by atoms with Crippen LogP contribution in [0.25, 0.3) is 0 Å². The quantitative estimate of drug-likeness (QED) is 0.587. The monoisotopic (exact) mass is 200 g/mol. The molecule has 14 heavy (non-hydrogen) atoms. The van der Waals surface area contributed by atoms with Crippen LogP contribution >= 0.6 is 0 Å². The molecule has 0 spiro atoms. The normalized spacial score (nSPS) is 15.9. The predicted octanol–water partition coefficient (Wildman–Crippen LogP) is 4.00. The smallest absolute Gasteiger partial charge is 0.0514 e. The van der Waals surface area contributed by atoms with Crippen molar-refractivity contribution in [3.8, 4) is 0 Å². The molecule has 0 radical (unpaired) electrons. The Labute approximate surface area is 89.9 Å². The van der Waals surface area contributed by atoms with Gasteiger partial charge in [0.15, 0.2) is 0 Å². The second-order valence-corrected chi connectivity index (χ2v) is 4.94. The molecule has 0 fully saturated rings. The zero-order valence-corrected chi connectivity index (χ0v) is 10.4. The van der Waals surface area contributed by atoms with Crippen LogP contribution in [0.4, 0.5) is 0 Å². The van der Waals surface area contributed by atoms with Crippen molar-refractivity contribution >= 4 is 0 Å². The van der Waals surface area contributed by atoms with E-state index >= 15 is 0 Å². The van der Waals surface area contributed by atoms with Gasteiger partial charge in [0.05, 0.1) is 6.10 Å². The lowest BCUT2D eigenvalue weighted by Gasteiger charge is -2.22. The van der Waals surface area contributed by atoms with E-state index in [9.17, 15) is 5.11 Å². The van der Waals surface area contributed by atoms with E-state index in [1.54, 1.807) is 0 Å². The molecule has 0 aromatic heterocycles. The van der Waals surface area contributed by atoms with Gasteiger partial charge in [-0.2, -0.15) is 0 Å². The third kappa shape index (κ3) is 7.37. The minimum atomic E-state index is -0.131. The molecule has 0 aromatic rings. The Kier molecular flexibility index (Phi) is 8.26. The molecule has 0 saturated carbocycles. The Morgan fingerprint density at radius 3 is 2.07 bits per heavy atom. The maximum atomic E-state index is 9.37. The third-order valence-corrected chi connectivity index (χ3v) is 3.02. The fourth-order valence-electron chi connectivity index (χ4n) is 1.99. The first-order chi connectivity index (χ1) is 6.57. The van der Waals surface area contributed by atoms with Gasteiger partial charge in [-0.05, 0) is 25.2 Å². The van der Waals surface area contributed by atoms with Crippen molar-refractivity contribution < 1.29 is 5.11 Å².